The summed E-state index contributed by atoms with van der Waals surface area (Å²) in [6.45, 7) is 6.41. The van der Waals surface area contributed by atoms with E-state index < -0.39 is 0 Å². The van der Waals surface area contributed by atoms with Gasteiger partial charge in [0.2, 0.25) is 0 Å². The summed E-state index contributed by atoms with van der Waals surface area (Å²) >= 11 is 6.82. The Morgan fingerprint density at radius 2 is 1.79 bits per heavy atom. The number of para-hydroxylation sites is 1. The molecule has 2 aromatic carbocycles. The molecular weight excluding hydrogens is 427 g/mol. The van der Waals surface area contributed by atoms with Gasteiger partial charge in [-0.05, 0) is 85.3 Å². The Bertz CT molecular complexity index is 925. The van der Waals surface area contributed by atoms with Gasteiger partial charge in [-0.15, -0.1) is 12.6 Å². The Morgan fingerprint density at radius 1 is 1.04 bits per heavy atom. The molecular formula is C20H19IN2S. The van der Waals surface area contributed by atoms with Crippen LogP contribution in [-0.4, -0.2) is 10.8 Å². The fourth-order valence-electron chi connectivity index (χ4n) is 2.80. The molecule has 0 aliphatic heterocycles. The fourth-order valence-corrected chi connectivity index (χ4v) is 3.35. The van der Waals surface area contributed by atoms with Crippen LogP contribution in [0.15, 0.2) is 58.4 Å². The first-order valence-electron chi connectivity index (χ1n) is 7.75. The van der Waals surface area contributed by atoms with Crippen LogP contribution in [0.2, 0.25) is 0 Å². The molecule has 0 N–H and O–H groups in total. The summed E-state index contributed by atoms with van der Waals surface area (Å²) in [5.74, 6) is 0. The van der Waals surface area contributed by atoms with E-state index in [1.165, 1.54) is 26.2 Å². The van der Waals surface area contributed by atoms with Crippen LogP contribution in [0.5, 0.6) is 0 Å². The first kappa shape index (κ1) is 17.3. The summed E-state index contributed by atoms with van der Waals surface area (Å²) in [5.41, 5.74) is 6.88. The minimum atomic E-state index is 0.885. The summed E-state index contributed by atoms with van der Waals surface area (Å²) in [7, 11) is 0. The van der Waals surface area contributed by atoms with Crippen molar-refractivity contribution in [3.8, 4) is 5.69 Å². The van der Waals surface area contributed by atoms with Crippen molar-refractivity contribution >= 4 is 47.1 Å². The van der Waals surface area contributed by atoms with Crippen LogP contribution in [-0.2, 0) is 0 Å². The molecule has 0 aliphatic rings. The highest BCUT2D eigenvalue weighted by atomic mass is 127. The number of rotatable bonds is 3. The third kappa shape index (κ3) is 3.44. The lowest BCUT2D eigenvalue weighted by Gasteiger charge is -2.11. The van der Waals surface area contributed by atoms with Gasteiger partial charge in [0.05, 0.1) is 5.69 Å². The maximum Gasteiger partial charge on any atom is 0.0763 e. The molecule has 3 rings (SSSR count). The second-order valence-electron chi connectivity index (χ2n) is 5.84. The van der Waals surface area contributed by atoms with Gasteiger partial charge in [-0.2, -0.15) is 0 Å². The fraction of sp³-hybridized carbons (Fsp3) is 0.150. The lowest BCUT2D eigenvalue weighted by molar-refractivity contribution is 0.962. The number of hydrogen-bond donors (Lipinski definition) is 1. The Hall–Kier alpha value is -1.53. The Kier molecular flexibility index (Phi) is 5.15. The van der Waals surface area contributed by atoms with E-state index in [1.54, 1.807) is 0 Å². The zero-order valence-corrected chi connectivity index (χ0v) is 17.0. The third-order valence-corrected chi connectivity index (χ3v) is 5.68. The predicted octanol–water partition coefficient (Wildman–Crippen LogP) is 6.05. The van der Waals surface area contributed by atoms with Crippen LogP contribution in [0.1, 0.15) is 22.5 Å². The van der Waals surface area contributed by atoms with E-state index in [1.807, 2.05) is 30.5 Å². The summed E-state index contributed by atoms with van der Waals surface area (Å²) < 4.78 is 3.56. The Labute approximate surface area is 162 Å². The normalized spacial score (nSPS) is 11.4. The second kappa shape index (κ2) is 7.15. The van der Waals surface area contributed by atoms with Crippen LogP contribution in [0.3, 0.4) is 0 Å². The number of aromatic nitrogens is 1. The maximum atomic E-state index is 4.60. The molecule has 0 amide bonds. The van der Waals surface area contributed by atoms with Crippen LogP contribution in [0.4, 0.5) is 5.69 Å². The summed E-state index contributed by atoms with van der Waals surface area (Å²) in [6, 6.07) is 16.6. The van der Waals surface area contributed by atoms with Crippen molar-refractivity contribution in [2.45, 2.75) is 25.7 Å². The second-order valence-corrected chi connectivity index (χ2v) is 7.49. The van der Waals surface area contributed by atoms with Crippen molar-refractivity contribution in [3.63, 3.8) is 0 Å². The van der Waals surface area contributed by atoms with Crippen molar-refractivity contribution in [1.82, 2.24) is 4.57 Å². The van der Waals surface area contributed by atoms with Crippen LogP contribution in [0, 0.1) is 24.3 Å². The highest BCUT2D eigenvalue weighted by molar-refractivity contribution is 14.1. The van der Waals surface area contributed by atoms with Gasteiger partial charge < -0.3 is 4.57 Å². The van der Waals surface area contributed by atoms with Crippen LogP contribution in [0.25, 0.3) is 5.69 Å². The molecule has 0 bridgehead atoms. The molecule has 4 heteroatoms. The zero-order chi connectivity index (χ0) is 17.3. The van der Waals surface area contributed by atoms with Gasteiger partial charge in [-0.1, -0.05) is 12.1 Å². The summed E-state index contributed by atoms with van der Waals surface area (Å²) in [4.78, 5) is 5.49. The number of hydrogen-bond acceptors (Lipinski definition) is 2. The number of thiol groups is 1. The largest absolute Gasteiger partial charge is 0.318 e. The van der Waals surface area contributed by atoms with E-state index in [0.717, 1.165) is 16.1 Å². The SMILES string of the molecule is Cc1cc(-n2c(C)cc(C=Nc3ccccc3S)c2C)ccc1I. The van der Waals surface area contributed by atoms with Crippen molar-refractivity contribution in [2.24, 2.45) is 4.99 Å². The first-order valence-corrected chi connectivity index (χ1v) is 9.27. The van der Waals surface area contributed by atoms with Gasteiger partial charge in [0.15, 0.2) is 0 Å². The molecule has 1 aromatic heterocycles. The van der Waals surface area contributed by atoms with E-state index in [2.05, 4.69) is 89.8 Å². The van der Waals surface area contributed by atoms with Gasteiger partial charge >= 0.3 is 0 Å². The van der Waals surface area contributed by atoms with Crippen LogP contribution >= 0.6 is 35.2 Å². The van der Waals surface area contributed by atoms with Gasteiger partial charge in [-0.25, -0.2) is 0 Å². The average Bonchev–Trinajstić information content (AvgIpc) is 2.83. The first-order chi connectivity index (χ1) is 11.5. The molecule has 122 valence electrons. The summed E-state index contributed by atoms with van der Waals surface area (Å²) in [6.07, 6.45) is 1.92. The lowest BCUT2D eigenvalue weighted by Crippen LogP contribution is -2.00. The van der Waals surface area contributed by atoms with Gasteiger partial charge in [-0.3, -0.25) is 4.99 Å². The van der Waals surface area contributed by atoms with E-state index in [4.69, 9.17) is 0 Å². The molecule has 0 aliphatic carbocycles. The minimum Gasteiger partial charge on any atom is -0.318 e. The number of nitrogens with zero attached hydrogens (tertiary/aromatic N) is 2. The standard InChI is InChI=1S/C20H19IN2S/c1-13-10-17(8-9-18(13)21)23-14(2)11-16(15(23)3)12-22-19-6-4-5-7-20(19)24/h4-12,24H,1-3H3. The third-order valence-electron chi connectivity index (χ3n) is 4.09. The number of aliphatic imine (C=N–C) groups is 1. The molecule has 0 radical (unpaired) electrons. The predicted molar refractivity (Wildman–Crippen MR) is 114 cm³/mol. The topological polar surface area (TPSA) is 17.3 Å². The number of halogens is 1. The molecule has 24 heavy (non-hydrogen) atoms. The minimum absolute atomic E-state index is 0.885. The van der Waals surface area contributed by atoms with E-state index in [-0.39, 0.29) is 0 Å². The van der Waals surface area contributed by atoms with Crippen LogP contribution < -0.4 is 0 Å². The molecule has 2 nitrogen and oxygen atoms in total. The molecule has 0 saturated carbocycles. The van der Waals surface area contributed by atoms with E-state index in [0.29, 0.717) is 0 Å². The zero-order valence-electron chi connectivity index (χ0n) is 13.9. The molecule has 0 spiro atoms. The van der Waals surface area contributed by atoms with Crippen molar-refractivity contribution < 1.29 is 0 Å². The smallest absolute Gasteiger partial charge is 0.0763 e. The highest BCUT2D eigenvalue weighted by Gasteiger charge is 2.10. The molecule has 1 heterocycles. The molecule has 0 unspecified atom stereocenters. The number of aryl methyl sites for hydroxylation is 2. The Morgan fingerprint density at radius 3 is 2.50 bits per heavy atom. The number of benzene rings is 2. The van der Waals surface area contributed by atoms with Gasteiger partial charge in [0.1, 0.15) is 0 Å². The molecule has 0 atom stereocenters. The van der Waals surface area contributed by atoms with Gasteiger partial charge in [0.25, 0.3) is 0 Å². The van der Waals surface area contributed by atoms with E-state index in [9.17, 15) is 0 Å². The lowest BCUT2D eigenvalue weighted by atomic mass is 10.2. The highest BCUT2D eigenvalue weighted by Crippen LogP contribution is 2.25. The van der Waals surface area contributed by atoms with E-state index >= 15 is 0 Å². The monoisotopic (exact) mass is 446 g/mol. The van der Waals surface area contributed by atoms with Gasteiger partial charge in [0, 0.05) is 37.3 Å². The molecule has 0 fully saturated rings. The average molecular weight is 446 g/mol. The van der Waals surface area contributed by atoms with Crippen molar-refractivity contribution in [1.29, 1.82) is 0 Å². The Balaban J connectivity index is 2.00. The molecule has 3 aromatic rings. The van der Waals surface area contributed by atoms with Crippen molar-refractivity contribution in [2.75, 3.05) is 0 Å². The molecule has 0 saturated heterocycles. The quantitative estimate of drug-likeness (QED) is 0.287. The van der Waals surface area contributed by atoms with Crippen molar-refractivity contribution in [3.05, 3.63) is 74.6 Å². The maximum absolute atomic E-state index is 4.60. The summed E-state index contributed by atoms with van der Waals surface area (Å²) in [5, 5.41) is 0.